The van der Waals surface area contributed by atoms with Gasteiger partial charge in [0.15, 0.2) is 0 Å². The van der Waals surface area contributed by atoms with Crippen LogP contribution in [0.2, 0.25) is 5.02 Å². The second-order valence-electron chi connectivity index (χ2n) is 9.47. The molecule has 0 saturated carbocycles. The number of carbonyl (C=O) groups is 1. The second kappa shape index (κ2) is 10.4. The normalized spacial score (nSPS) is 18.1. The van der Waals surface area contributed by atoms with Crippen molar-refractivity contribution in [2.75, 3.05) is 19.6 Å². The SMILES string of the molecule is O=C(O)Cc1ccc2c(c1)OCc1ncccc1C2=CCCN1CCC(O)(c2ccc(Cl)cc2)CC1. The number of rotatable bonds is 6. The van der Waals surface area contributed by atoms with Gasteiger partial charge in [0.1, 0.15) is 12.4 Å². The number of hydrogen-bond acceptors (Lipinski definition) is 5. The quantitative estimate of drug-likeness (QED) is 0.488. The summed E-state index contributed by atoms with van der Waals surface area (Å²) in [6.07, 6.45) is 6.14. The van der Waals surface area contributed by atoms with Crippen LogP contribution in [0.25, 0.3) is 5.57 Å². The highest BCUT2D eigenvalue weighted by molar-refractivity contribution is 6.30. The fourth-order valence-electron chi connectivity index (χ4n) is 5.09. The number of ether oxygens (including phenoxy) is 1. The summed E-state index contributed by atoms with van der Waals surface area (Å²) < 4.78 is 6.05. The molecule has 7 heteroatoms. The standard InChI is InChI=1S/C29H29ClN2O4/c30-22-8-6-21(7-9-22)29(35)11-15-32(16-12-29)14-2-4-23-24-3-1-13-31-26(24)19-36-27-17-20(18-28(33)34)5-10-25(23)27/h1,3-10,13,17,35H,2,11-12,14-16,18-19H2,(H,33,34). The minimum Gasteiger partial charge on any atom is -0.487 e. The van der Waals surface area contributed by atoms with Crippen molar-refractivity contribution in [3.63, 3.8) is 0 Å². The summed E-state index contributed by atoms with van der Waals surface area (Å²) in [6.45, 7) is 2.85. The predicted molar refractivity (Wildman–Crippen MR) is 139 cm³/mol. The topological polar surface area (TPSA) is 82.9 Å². The molecule has 186 valence electrons. The lowest BCUT2D eigenvalue weighted by atomic mass is 9.84. The number of halogens is 1. The summed E-state index contributed by atoms with van der Waals surface area (Å²) >= 11 is 6.01. The van der Waals surface area contributed by atoms with Crippen molar-refractivity contribution in [2.24, 2.45) is 0 Å². The molecule has 2 aliphatic heterocycles. The number of likely N-dealkylation sites (tertiary alicyclic amines) is 1. The van der Waals surface area contributed by atoms with E-state index in [-0.39, 0.29) is 6.42 Å². The van der Waals surface area contributed by atoms with Crippen LogP contribution in [0.3, 0.4) is 0 Å². The molecule has 2 aliphatic rings. The first-order valence-corrected chi connectivity index (χ1v) is 12.6. The van der Waals surface area contributed by atoms with E-state index < -0.39 is 11.6 Å². The molecule has 1 fully saturated rings. The van der Waals surface area contributed by atoms with Crippen LogP contribution in [0, 0.1) is 0 Å². The van der Waals surface area contributed by atoms with Crippen LogP contribution in [-0.2, 0) is 23.4 Å². The molecule has 1 aromatic heterocycles. The van der Waals surface area contributed by atoms with Crippen LogP contribution < -0.4 is 4.74 Å². The van der Waals surface area contributed by atoms with Gasteiger partial charge in [0.25, 0.3) is 0 Å². The van der Waals surface area contributed by atoms with Gasteiger partial charge < -0.3 is 19.8 Å². The molecule has 0 radical (unpaired) electrons. The van der Waals surface area contributed by atoms with Gasteiger partial charge in [-0.3, -0.25) is 9.78 Å². The number of benzene rings is 2. The Labute approximate surface area is 215 Å². The fourth-order valence-corrected chi connectivity index (χ4v) is 5.22. The molecular formula is C29H29ClN2O4. The zero-order valence-electron chi connectivity index (χ0n) is 20.0. The maximum absolute atomic E-state index is 11.2. The van der Waals surface area contributed by atoms with Crippen molar-refractivity contribution in [3.05, 3.63) is 99.8 Å². The van der Waals surface area contributed by atoms with E-state index in [9.17, 15) is 15.0 Å². The van der Waals surface area contributed by atoms with Crippen LogP contribution in [0.15, 0.2) is 66.9 Å². The third-order valence-corrected chi connectivity index (χ3v) is 7.35. The number of nitrogens with zero attached hydrogens (tertiary/aromatic N) is 2. The Balaban J connectivity index is 1.31. The van der Waals surface area contributed by atoms with E-state index >= 15 is 0 Å². The molecule has 5 rings (SSSR count). The Morgan fingerprint density at radius 2 is 1.89 bits per heavy atom. The minimum absolute atomic E-state index is 0.0434. The lowest BCUT2D eigenvalue weighted by Crippen LogP contribution is -2.42. The Kier molecular flexibility index (Phi) is 7.10. The summed E-state index contributed by atoms with van der Waals surface area (Å²) in [7, 11) is 0. The van der Waals surface area contributed by atoms with Gasteiger partial charge in [-0.15, -0.1) is 0 Å². The van der Waals surface area contributed by atoms with Crippen molar-refractivity contribution in [3.8, 4) is 5.75 Å². The Hall–Kier alpha value is -3.19. The number of aromatic nitrogens is 1. The molecule has 0 spiro atoms. The van der Waals surface area contributed by atoms with Gasteiger partial charge in [-0.25, -0.2) is 0 Å². The van der Waals surface area contributed by atoms with Crippen molar-refractivity contribution >= 4 is 23.1 Å². The number of aliphatic carboxylic acids is 1. The Morgan fingerprint density at radius 1 is 1.11 bits per heavy atom. The van der Waals surface area contributed by atoms with E-state index in [0.29, 0.717) is 35.8 Å². The largest absolute Gasteiger partial charge is 0.487 e. The lowest BCUT2D eigenvalue weighted by Gasteiger charge is -2.38. The Bertz CT molecular complexity index is 1280. The summed E-state index contributed by atoms with van der Waals surface area (Å²) in [5.74, 6) is -0.183. The number of fused-ring (bicyclic) bond motifs is 2. The van der Waals surface area contributed by atoms with Crippen LogP contribution in [0.1, 0.15) is 47.2 Å². The van der Waals surface area contributed by atoms with E-state index in [0.717, 1.165) is 54.0 Å². The maximum Gasteiger partial charge on any atom is 0.307 e. The van der Waals surface area contributed by atoms with E-state index in [1.54, 1.807) is 6.20 Å². The van der Waals surface area contributed by atoms with Crippen molar-refractivity contribution in [1.82, 2.24) is 9.88 Å². The Morgan fingerprint density at radius 3 is 2.64 bits per heavy atom. The number of carboxylic acid groups (broad SMARTS) is 1. The van der Waals surface area contributed by atoms with Crippen LogP contribution in [0.5, 0.6) is 5.75 Å². The number of pyridine rings is 1. The third kappa shape index (κ3) is 5.31. The first kappa shape index (κ1) is 24.5. The smallest absolute Gasteiger partial charge is 0.307 e. The van der Waals surface area contributed by atoms with E-state index in [4.69, 9.17) is 16.3 Å². The highest BCUT2D eigenvalue weighted by Crippen LogP contribution is 2.37. The molecule has 2 N–H and O–H groups in total. The minimum atomic E-state index is -0.867. The van der Waals surface area contributed by atoms with Crippen LogP contribution in [0.4, 0.5) is 0 Å². The average molecular weight is 505 g/mol. The molecule has 0 bridgehead atoms. The number of piperidine rings is 1. The first-order valence-electron chi connectivity index (χ1n) is 12.2. The molecule has 2 aromatic carbocycles. The molecule has 3 aromatic rings. The third-order valence-electron chi connectivity index (χ3n) is 7.09. The van der Waals surface area contributed by atoms with E-state index in [1.807, 2.05) is 48.5 Å². The molecule has 36 heavy (non-hydrogen) atoms. The second-order valence-corrected chi connectivity index (χ2v) is 9.91. The molecule has 3 heterocycles. The van der Waals surface area contributed by atoms with Gasteiger partial charge in [0.05, 0.1) is 17.7 Å². The lowest BCUT2D eigenvalue weighted by molar-refractivity contribution is -0.136. The number of carboxylic acids is 1. The summed E-state index contributed by atoms with van der Waals surface area (Å²) in [5, 5.41) is 21.0. The fraction of sp³-hybridized carbons (Fsp3) is 0.310. The van der Waals surface area contributed by atoms with Crippen molar-refractivity contribution in [2.45, 2.75) is 37.9 Å². The predicted octanol–water partition coefficient (Wildman–Crippen LogP) is 5.06. The highest BCUT2D eigenvalue weighted by atomic mass is 35.5. The maximum atomic E-state index is 11.2. The van der Waals surface area contributed by atoms with E-state index in [2.05, 4.69) is 22.0 Å². The first-order chi connectivity index (χ1) is 17.4. The number of hydrogen-bond donors (Lipinski definition) is 2. The summed E-state index contributed by atoms with van der Waals surface area (Å²) in [4.78, 5) is 18.1. The van der Waals surface area contributed by atoms with Gasteiger partial charge in [-0.1, -0.05) is 48.0 Å². The zero-order valence-corrected chi connectivity index (χ0v) is 20.7. The van der Waals surface area contributed by atoms with Gasteiger partial charge in [0, 0.05) is 42.0 Å². The van der Waals surface area contributed by atoms with E-state index in [1.165, 1.54) is 0 Å². The molecule has 0 amide bonds. The number of aliphatic hydroxyl groups is 1. The van der Waals surface area contributed by atoms with Gasteiger partial charge in [-0.05, 0) is 60.2 Å². The summed E-state index contributed by atoms with van der Waals surface area (Å²) in [5.41, 5.74) is 4.74. The highest BCUT2D eigenvalue weighted by Gasteiger charge is 2.33. The van der Waals surface area contributed by atoms with Gasteiger partial charge in [0.2, 0.25) is 0 Å². The van der Waals surface area contributed by atoms with Crippen LogP contribution >= 0.6 is 11.6 Å². The molecular weight excluding hydrogens is 476 g/mol. The molecule has 0 aliphatic carbocycles. The molecule has 6 nitrogen and oxygen atoms in total. The van der Waals surface area contributed by atoms with Crippen LogP contribution in [-0.4, -0.2) is 45.7 Å². The average Bonchev–Trinajstić information content (AvgIpc) is 3.02. The molecule has 1 saturated heterocycles. The van der Waals surface area contributed by atoms with Gasteiger partial charge >= 0.3 is 5.97 Å². The van der Waals surface area contributed by atoms with Crippen molar-refractivity contribution < 1.29 is 19.7 Å². The monoisotopic (exact) mass is 504 g/mol. The zero-order chi connectivity index (χ0) is 25.1. The molecule has 0 unspecified atom stereocenters. The summed E-state index contributed by atoms with van der Waals surface area (Å²) in [6, 6.07) is 17.1. The molecule has 0 atom stereocenters. The van der Waals surface area contributed by atoms with Crippen molar-refractivity contribution in [1.29, 1.82) is 0 Å². The van der Waals surface area contributed by atoms with Gasteiger partial charge in [-0.2, -0.15) is 0 Å².